The molecule has 0 aliphatic carbocycles. The second-order valence-corrected chi connectivity index (χ2v) is 3.58. The fraction of sp³-hybridized carbons (Fsp3) is 0.222. The van der Waals surface area contributed by atoms with Gasteiger partial charge >= 0.3 is 11.4 Å². The molecular weight excluding hydrogens is 263 g/mol. The average Bonchev–Trinajstić information content (AvgIpc) is 2.27. The Bertz CT molecular complexity index is 562. The summed E-state index contributed by atoms with van der Waals surface area (Å²) in [5.41, 5.74) is 2.46. The number of nitrogens with zero attached hydrogens (tertiary/aromatic N) is 2. The minimum Gasteiger partial charge on any atom is -0.368 e. The molecule has 9 nitrogen and oxygen atoms in total. The molecule has 10 heteroatoms. The molecule has 1 amide bonds. The highest BCUT2D eigenvalue weighted by atomic mass is 19.1. The van der Waals surface area contributed by atoms with Crippen molar-refractivity contribution in [2.24, 2.45) is 5.73 Å². The number of nitro groups is 2. The Hall–Kier alpha value is -2.78. The smallest absolute Gasteiger partial charge is 0.334 e. The zero-order valence-corrected chi connectivity index (χ0v) is 9.62. The lowest BCUT2D eigenvalue weighted by atomic mass is 10.2. The first kappa shape index (κ1) is 14.3. The molecule has 0 unspecified atom stereocenters. The van der Waals surface area contributed by atoms with Crippen molar-refractivity contribution >= 4 is 23.0 Å². The van der Waals surface area contributed by atoms with E-state index >= 15 is 0 Å². The molecule has 3 N–H and O–H groups in total. The van der Waals surface area contributed by atoms with Gasteiger partial charge in [0.1, 0.15) is 11.7 Å². The van der Waals surface area contributed by atoms with Gasteiger partial charge in [-0.05, 0) is 13.0 Å². The summed E-state index contributed by atoms with van der Waals surface area (Å²) < 4.78 is 13.6. The highest BCUT2D eigenvalue weighted by molar-refractivity contribution is 5.83. The van der Waals surface area contributed by atoms with Crippen molar-refractivity contribution < 1.29 is 19.0 Å². The van der Waals surface area contributed by atoms with Crippen LogP contribution in [0.4, 0.5) is 21.5 Å². The monoisotopic (exact) mass is 272 g/mol. The standard InChI is InChI=1S/C9H9FN4O5/c1-4(9(11)15)12-5-2-3-6(13(16)17)7(10)8(5)14(18)19/h2-4,12H,1H3,(H2,11,15)/t4-/m0/s1. The number of nitrogens with two attached hydrogens (primary N) is 1. The molecule has 0 bridgehead atoms. The topological polar surface area (TPSA) is 141 Å². The fourth-order valence-corrected chi connectivity index (χ4v) is 1.29. The Morgan fingerprint density at radius 1 is 1.37 bits per heavy atom. The summed E-state index contributed by atoms with van der Waals surface area (Å²) in [5, 5.41) is 23.6. The zero-order valence-electron chi connectivity index (χ0n) is 9.62. The number of amides is 1. The molecule has 1 atom stereocenters. The van der Waals surface area contributed by atoms with E-state index < -0.39 is 39.0 Å². The van der Waals surface area contributed by atoms with E-state index in [0.717, 1.165) is 12.1 Å². The first-order valence-electron chi connectivity index (χ1n) is 4.92. The summed E-state index contributed by atoms with van der Waals surface area (Å²) in [7, 11) is 0. The van der Waals surface area contributed by atoms with Crippen LogP contribution in [-0.2, 0) is 4.79 Å². The minimum absolute atomic E-state index is 0.362. The molecule has 0 heterocycles. The van der Waals surface area contributed by atoms with Crippen LogP contribution in [0.2, 0.25) is 0 Å². The van der Waals surface area contributed by atoms with Crippen LogP contribution < -0.4 is 11.1 Å². The van der Waals surface area contributed by atoms with E-state index in [-0.39, 0.29) is 5.69 Å². The highest BCUT2D eigenvalue weighted by Crippen LogP contribution is 2.33. The Morgan fingerprint density at radius 3 is 2.37 bits per heavy atom. The molecule has 1 rings (SSSR count). The quantitative estimate of drug-likeness (QED) is 0.603. The van der Waals surface area contributed by atoms with Crippen molar-refractivity contribution in [3.8, 4) is 0 Å². The lowest BCUT2D eigenvalue weighted by Gasteiger charge is -2.11. The van der Waals surface area contributed by atoms with Crippen LogP contribution in [0.25, 0.3) is 0 Å². The molecule has 0 aliphatic rings. The van der Waals surface area contributed by atoms with Gasteiger partial charge in [0.05, 0.1) is 9.85 Å². The molecule has 102 valence electrons. The maximum Gasteiger partial charge on any atom is 0.334 e. The number of carbonyl (C=O) groups excluding carboxylic acids is 1. The van der Waals surface area contributed by atoms with E-state index in [0.29, 0.717) is 0 Å². The van der Waals surface area contributed by atoms with Gasteiger partial charge in [0, 0.05) is 6.07 Å². The Balaban J connectivity index is 3.34. The van der Waals surface area contributed by atoms with Crippen LogP contribution >= 0.6 is 0 Å². The number of nitro benzene ring substituents is 2. The van der Waals surface area contributed by atoms with Crippen molar-refractivity contribution in [2.45, 2.75) is 13.0 Å². The molecule has 19 heavy (non-hydrogen) atoms. The summed E-state index contributed by atoms with van der Waals surface area (Å²) in [4.78, 5) is 29.9. The van der Waals surface area contributed by atoms with Gasteiger partial charge in [-0.15, -0.1) is 0 Å². The number of halogens is 1. The molecule has 0 aromatic heterocycles. The predicted molar refractivity (Wildman–Crippen MR) is 62.0 cm³/mol. The number of primary amides is 1. The molecule has 1 aromatic carbocycles. The van der Waals surface area contributed by atoms with Gasteiger partial charge in [-0.1, -0.05) is 0 Å². The van der Waals surface area contributed by atoms with E-state index in [9.17, 15) is 29.4 Å². The van der Waals surface area contributed by atoms with Crippen LogP contribution in [0.1, 0.15) is 6.92 Å². The number of anilines is 1. The van der Waals surface area contributed by atoms with Crippen LogP contribution in [0.15, 0.2) is 12.1 Å². The highest BCUT2D eigenvalue weighted by Gasteiger charge is 2.30. The SMILES string of the molecule is C[C@H](Nc1ccc([N+](=O)[O-])c(F)c1[N+](=O)[O-])C(N)=O. The number of carbonyl (C=O) groups is 1. The van der Waals surface area contributed by atoms with Gasteiger partial charge in [0.2, 0.25) is 5.91 Å². The number of rotatable bonds is 5. The van der Waals surface area contributed by atoms with Gasteiger partial charge in [-0.2, -0.15) is 4.39 Å². The molecule has 0 saturated heterocycles. The maximum atomic E-state index is 13.6. The van der Waals surface area contributed by atoms with Crippen LogP contribution in [-0.4, -0.2) is 21.8 Å². The number of hydrogen-bond donors (Lipinski definition) is 2. The van der Waals surface area contributed by atoms with Crippen molar-refractivity contribution in [2.75, 3.05) is 5.32 Å². The molecular formula is C9H9FN4O5. The van der Waals surface area contributed by atoms with Crippen LogP contribution in [0.5, 0.6) is 0 Å². The van der Waals surface area contributed by atoms with E-state index in [1.165, 1.54) is 6.92 Å². The fourth-order valence-electron chi connectivity index (χ4n) is 1.29. The van der Waals surface area contributed by atoms with E-state index in [4.69, 9.17) is 5.73 Å². The summed E-state index contributed by atoms with van der Waals surface area (Å²) in [5.74, 6) is -2.40. The first-order chi connectivity index (χ1) is 8.75. The Morgan fingerprint density at radius 2 is 1.95 bits per heavy atom. The van der Waals surface area contributed by atoms with Gasteiger partial charge < -0.3 is 11.1 Å². The minimum atomic E-state index is -1.59. The van der Waals surface area contributed by atoms with E-state index in [1.54, 1.807) is 0 Å². The molecule has 0 fully saturated rings. The maximum absolute atomic E-state index is 13.6. The number of benzene rings is 1. The summed E-state index contributed by atoms with van der Waals surface area (Å²) in [6.45, 7) is 1.31. The lowest BCUT2D eigenvalue weighted by Crippen LogP contribution is -2.32. The molecule has 0 aliphatic heterocycles. The third-order valence-electron chi connectivity index (χ3n) is 2.27. The summed E-state index contributed by atoms with van der Waals surface area (Å²) in [6.07, 6.45) is 0. The van der Waals surface area contributed by atoms with Gasteiger partial charge in [-0.25, -0.2) is 0 Å². The molecule has 0 saturated carbocycles. The second kappa shape index (κ2) is 5.25. The normalized spacial score (nSPS) is 11.7. The first-order valence-corrected chi connectivity index (χ1v) is 4.92. The number of hydrogen-bond acceptors (Lipinski definition) is 6. The predicted octanol–water partition coefficient (Wildman–Crippen LogP) is 0.928. The van der Waals surface area contributed by atoms with E-state index in [2.05, 4.69) is 5.32 Å². The van der Waals surface area contributed by atoms with Gasteiger partial charge in [0.25, 0.3) is 5.82 Å². The average molecular weight is 272 g/mol. The van der Waals surface area contributed by atoms with Crippen molar-refractivity contribution in [1.82, 2.24) is 0 Å². The Labute approximate surface area is 105 Å². The lowest BCUT2D eigenvalue weighted by molar-refractivity contribution is -0.398. The second-order valence-electron chi connectivity index (χ2n) is 3.58. The zero-order chi connectivity index (χ0) is 14.7. The van der Waals surface area contributed by atoms with Gasteiger partial charge in [0.15, 0.2) is 0 Å². The third kappa shape index (κ3) is 2.91. The van der Waals surface area contributed by atoms with Crippen molar-refractivity contribution in [3.05, 3.63) is 38.2 Å². The molecule has 1 aromatic rings. The molecule has 0 radical (unpaired) electrons. The van der Waals surface area contributed by atoms with Crippen molar-refractivity contribution in [3.63, 3.8) is 0 Å². The summed E-state index contributed by atoms with van der Waals surface area (Å²) >= 11 is 0. The summed E-state index contributed by atoms with van der Waals surface area (Å²) in [6, 6.07) is 0.705. The van der Waals surface area contributed by atoms with Crippen LogP contribution in [0.3, 0.4) is 0 Å². The van der Waals surface area contributed by atoms with Crippen LogP contribution in [0, 0.1) is 26.0 Å². The third-order valence-corrected chi connectivity index (χ3v) is 2.27. The van der Waals surface area contributed by atoms with Gasteiger partial charge in [-0.3, -0.25) is 25.0 Å². The number of nitrogens with one attached hydrogen (secondary N) is 1. The molecule has 0 spiro atoms. The van der Waals surface area contributed by atoms with E-state index in [1.807, 2.05) is 0 Å². The largest absolute Gasteiger partial charge is 0.368 e. The Kier molecular flexibility index (Phi) is 3.94. The van der Waals surface area contributed by atoms with Crippen molar-refractivity contribution in [1.29, 1.82) is 0 Å².